The topological polar surface area (TPSA) is 67.6 Å². The van der Waals surface area contributed by atoms with Gasteiger partial charge in [-0.2, -0.15) is 5.26 Å². The average molecular weight is 372 g/mol. The van der Waals surface area contributed by atoms with Crippen LogP contribution in [0.15, 0.2) is 18.3 Å². The van der Waals surface area contributed by atoms with Gasteiger partial charge in [0, 0.05) is 37.3 Å². The van der Waals surface area contributed by atoms with Gasteiger partial charge in [0.15, 0.2) is 11.5 Å². The number of pyridine rings is 1. The van der Waals surface area contributed by atoms with E-state index in [9.17, 15) is 0 Å². The lowest BCUT2D eigenvalue weighted by Crippen LogP contribution is -2.38. The Morgan fingerprint density at radius 2 is 2.04 bits per heavy atom. The highest BCUT2D eigenvalue weighted by Gasteiger charge is 2.15. The van der Waals surface area contributed by atoms with Crippen molar-refractivity contribution in [3.63, 3.8) is 0 Å². The van der Waals surface area contributed by atoms with Crippen LogP contribution in [0.4, 0.5) is 0 Å². The van der Waals surface area contributed by atoms with Crippen molar-refractivity contribution in [1.29, 1.82) is 5.26 Å². The lowest BCUT2D eigenvalue weighted by molar-refractivity contribution is 0.0321. The highest BCUT2D eigenvalue weighted by Crippen LogP contribution is 2.35. The van der Waals surface area contributed by atoms with E-state index < -0.39 is 0 Å². The third kappa shape index (κ3) is 4.17. The van der Waals surface area contributed by atoms with Crippen LogP contribution in [0, 0.1) is 23.7 Å². The summed E-state index contributed by atoms with van der Waals surface area (Å²) in [4.78, 5) is 6.56. The molecule has 1 aliphatic heterocycles. The van der Waals surface area contributed by atoms with Crippen molar-refractivity contribution >= 4 is 22.5 Å². The quantitative estimate of drug-likeness (QED) is 0.727. The van der Waals surface area contributed by atoms with Gasteiger partial charge in [-0.1, -0.05) is 17.5 Å². The fraction of sp³-hybridized carbons (Fsp3) is 0.368. The molecule has 2 aromatic rings. The monoisotopic (exact) mass is 371 g/mol. The van der Waals surface area contributed by atoms with Crippen molar-refractivity contribution in [3.05, 3.63) is 28.9 Å². The molecule has 0 N–H and O–H groups in total. The molecule has 1 fully saturated rings. The van der Waals surface area contributed by atoms with Crippen LogP contribution in [-0.4, -0.2) is 55.9 Å². The SMILES string of the molecule is C#CCOc1cc2c(Cl)c(C#N)cnc2cc1OCCN1CCOCC1. The van der Waals surface area contributed by atoms with Crippen LogP contribution in [0.25, 0.3) is 10.9 Å². The highest BCUT2D eigenvalue weighted by atomic mass is 35.5. The number of hydrogen-bond donors (Lipinski definition) is 0. The van der Waals surface area contributed by atoms with Crippen molar-refractivity contribution in [1.82, 2.24) is 9.88 Å². The Morgan fingerprint density at radius 1 is 1.27 bits per heavy atom. The molecule has 26 heavy (non-hydrogen) atoms. The van der Waals surface area contributed by atoms with Crippen LogP contribution in [-0.2, 0) is 4.74 Å². The number of halogens is 1. The number of aromatic nitrogens is 1. The maximum Gasteiger partial charge on any atom is 0.163 e. The molecule has 1 aromatic heterocycles. The Morgan fingerprint density at radius 3 is 2.77 bits per heavy atom. The van der Waals surface area contributed by atoms with E-state index in [1.54, 1.807) is 12.1 Å². The molecule has 0 atom stereocenters. The molecule has 2 heterocycles. The van der Waals surface area contributed by atoms with Gasteiger partial charge in [-0.25, -0.2) is 0 Å². The first-order valence-electron chi connectivity index (χ1n) is 8.24. The zero-order chi connectivity index (χ0) is 18.4. The van der Waals surface area contributed by atoms with Crippen molar-refractivity contribution < 1.29 is 14.2 Å². The van der Waals surface area contributed by atoms with Gasteiger partial charge in [-0.3, -0.25) is 9.88 Å². The van der Waals surface area contributed by atoms with E-state index in [0.717, 1.165) is 32.8 Å². The predicted octanol–water partition coefficient (Wildman–Crippen LogP) is 2.48. The molecule has 1 saturated heterocycles. The fourth-order valence-electron chi connectivity index (χ4n) is 2.70. The van der Waals surface area contributed by atoms with Crippen LogP contribution >= 0.6 is 11.6 Å². The van der Waals surface area contributed by atoms with Crippen molar-refractivity contribution in [2.24, 2.45) is 0 Å². The fourth-order valence-corrected chi connectivity index (χ4v) is 2.94. The second-order valence-electron chi connectivity index (χ2n) is 5.71. The molecular weight excluding hydrogens is 354 g/mol. The number of morpholine rings is 1. The lowest BCUT2D eigenvalue weighted by Gasteiger charge is -2.26. The number of fused-ring (bicyclic) bond motifs is 1. The molecule has 134 valence electrons. The third-order valence-corrected chi connectivity index (χ3v) is 4.48. The third-order valence-electron chi connectivity index (χ3n) is 4.07. The number of nitriles is 1. The number of benzene rings is 1. The number of nitrogens with zero attached hydrogens (tertiary/aromatic N) is 3. The van der Waals surface area contributed by atoms with Crippen LogP contribution in [0.5, 0.6) is 11.5 Å². The first-order chi connectivity index (χ1) is 12.7. The molecule has 0 unspecified atom stereocenters. The molecule has 1 aromatic carbocycles. The number of rotatable bonds is 6. The van der Waals surface area contributed by atoms with E-state index in [1.165, 1.54) is 6.20 Å². The Bertz CT molecular complexity index is 867. The number of terminal acetylenes is 1. The molecule has 0 radical (unpaired) electrons. The average Bonchev–Trinajstić information content (AvgIpc) is 2.68. The summed E-state index contributed by atoms with van der Waals surface area (Å²) in [6.45, 7) is 4.69. The van der Waals surface area contributed by atoms with E-state index in [0.29, 0.717) is 39.6 Å². The number of hydrogen-bond acceptors (Lipinski definition) is 6. The molecule has 0 spiro atoms. The first kappa shape index (κ1) is 18.3. The van der Waals surface area contributed by atoms with Crippen molar-refractivity contribution in [2.75, 3.05) is 46.1 Å². The number of ether oxygens (including phenoxy) is 3. The lowest BCUT2D eigenvalue weighted by atomic mass is 10.1. The molecular formula is C19H18ClN3O3. The van der Waals surface area contributed by atoms with E-state index in [2.05, 4.69) is 15.8 Å². The van der Waals surface area contributed by atoms with Crippen LogP contribution in [0.3, 0.4) is 0 Å². The molecule has 7 heteroatoms. The summed E-state index contributed by atoms with van der Waals surface area (Å²) in [6.07, 6.45) is 6.75. The maximum absolute atomic E-state index is 9.11. The van der Waals surface area contributed by atoms with Crippen LogP contribution in [0.2, 0.25) is 5.02 Å². The minimum atomic E-state index is 0.105. The zero-order valence-electron chi connectivity index (χ0n) is 14.2. The molecule has 6 nitrogen and oxygen atoms in total. The van der Waals surface area contributed by atoms with Gasteiger partial charge in [-0.15, -0.1) is 6.42 Å². The Balaban J connectivity index is 1.82. The summed E-state index contributed by atoms with van der Waals surface area (Å²) < 4.78 is 16.9. The van der Waals surface area contributed by atoms with Gasteiger partial charge in [0.05, 0.1) is 29.3 Å². The summed E-state index contributed by atoms with van der Waals surface area (Å²) in [5.41, 5.74) is 0.937. The summed E-state index contributed by atoms with van der Waals surface area (Å²) >= 11 is 6.29. The van der Waals surface area contributed by atoms with Crippen LogP contribution < -0.4 is 9.47 Å². The predicted molar refractivity (Wildman–Crippen MR) is 98.6 cm³/mol. The minimum Gasteiger partial charge on any atom is -0.488 e. The van der Waals surface area contributed by atoms with Gasteiger partial charge >= 0.3 is 0 Å². The van der Waals surface area contributed by atoms with E-state index in [1.807, 2.05) is 6.07 Å². The van der Waals surface area contributed by atoms with E-state index in [-0.39, 0.29) is 6.61 Å². The van der Waals surface area contributed by atoms with E-state index >= 15 is 0 Å². The summed E-state index contributed by atoms with van der Waals surface area (Å²) in [5.74, 6) is 3.47. The first-order valence-corrected chi connectivity index (χ1v) is 8.62. The molecule has 0 aliphatic carbocycles. The Hall–Kier alpha value is -2.51. The second-order valence-corrected chi connectivity index (χ2v) is 6.09. The van der Waals surface area contributed by atoms with Gasteiger partial charge in [0.25, 0.3) is 0 Å². The van der Waals surface area contributed by atoms with E-state index in [4.69, 9.17) is 37.5 Å². The Labute approximate surface area is 157 Å². The molecule has 1 aliphatic rings. The maximum atomic E-state index is 9.11. The highest BCUT2D eigenvalue weighted by molar-refractivity contribution is 6.36. The van der Waals surface area contributed by atoms with Crippen molar-refractivity contribution in [2.45, 2.75) is 0 Å². The molecule has 0 saturated carbocycles. The minimum absolute atomic E-state index is 0.105. The van der Waals surface area contributed by atoms with Gasteiger partial charge < -0.3 is 14.2 Å². The largest absolute Gasteiger partial charge is 0.488 e. The summed E-state index contributed by atoms with van der Waals surface area (Å²) in [5, 5.41) is 10.1. The standard InChI is InChI=1S/C19H18ClN3O3/c1-2-6-25-17-10-15-16(22-13-14(12-21)19(15)20)11-18(17)26-9-5-23-3-7-24-8-4-23/h1,10-11,13H,3-9H2. The summed E-state index contributed by atoms with van der Waals surface area (Å²) in [6, 6.07) is 5.49. The second kappa shape index (κ2) is 8.73. The van der Waals surface area contributed by atoms with Gasteiger partial charge in [0.1, 0.15) is 19.3 Å². The van der Waals surface area contributed by atoms with Gasteiger partial charge in [0.2, 0.25) is 0 Å². The Kier molecular flexibility index (Phi) is 6.14. The normalized spacial score (nSPS) is 14.6. The zero-order valence-corrected chi connectivity index (χ0v) is 15.0. The molecule has 0 amide bonds. The van der Waals surface area contributed by atoms with Crippen LogP contribution in [0.1, 0.15) is 5.56 Å². The molecule has 3 rings (SSSR count). The smallest absolute Gasteiger partial charge is 0.163 e. The van der Waals surface area contributed by atoms with Crippen molar-refractivity contribution in [3.8, 4) is 29.9 Å². The van der Waals surface area contributed by atoms with Gasteiger partial charge in [-0.05, 0) is 6.07 Å². The summed E-state index contributed by atoms with van der Waals surface area (Å²) in [7, 11) is 0. The molecule has 0 bridgehead atoms.